The van der Waals surface area contributed by atoms with Gasteiger partial charge in [-0.3, -0.25) is 9.59 Å². The fourth-order valence-electron chi connectivity index (χ4n) is 1.90. The van der Waals surface area contributed by atoms with E-state index in [1.807, 2.05) is 25.7 Å². The smallest absolute Gasteiger partial charge is 0.239 e. The third-order valence-electron chi connectivity index (χ3n) is 3.25. The molecule has 98 valence electrons. The number of amides is 2. The van der Waals surface area contributed by atoms with Crippen LogP contribution in [-0.2, 0) is 9.59 Å². The molecule has 1 fully saturated rings. The van der Waals surface area contributed by atoms with E-state index in [1.165, 1.54) is 0 Å². The van der Waals surface area contributed by atoms with E-state index in [9.17, 15) is 9.59 Å². The van der Waals surface area contributed by atoms with E-state index in [2.05, 4.69) is 0 Å². The van der Waals surface area contributed by atoms with E-state index in [4.69, 9.17) is 5.73 Å². The first kappa shape index (κ1) is 14.0. The minimum absolute atomic E-state index is 0.00333. The Morgan fingerprint density at radius 3 is 2.00 bits per heavy atom. The zero-order chi connectivity index (χ0) is 13.0. The van der Waals surface area contributed by atoms with Gasteiger partial charge in [0.2, 0.25) is 11.8 Å². The average Bonchev–Trinajstić information content (AvgIpc) is 2.36. The summed E-state index contributed by atoms with van der Waals surface area (Å²) in [5.74, 6) is 0.312. The Bertz CT molecular complexity index is 283. The van der Waals surface area contributed by atoms with Crippen LogP contribution in [0.1, 0.15) is 27.2 Å². The van der Waals surface area contributed by atoms with Gasteiger partial charge in [0.25, 0.3) is 0 Å². The van der Waals surface area contributed by atoms with Gasteiger partial charge in [0.1, 0.15) is 0 Å². The molecule has 0 aromatic heterocycles. The first-order valence-electron chi connectivity index (χ1n) is 6.29. The van der Waals surface area contributed by atoms with Crippen molar-refractivity contribution < 1.29 is 9.59 Å². The van der Waals surface area contributed by atoms with Gasteiger partial charge in [-0.05, 0) is 5.92 Å². The Balaban J connectivity index is 2.47. The Kier molecular flexibility index (Phi) is 4.93. The molecule has 0 saturated carbocycles. The van der Waals surface area contributed by atoms with E-state index in [-0.39, 0.29) is 17.7 Å². The second kappa shape index (κ2) is 6.00. The van der Waals surface area contributed by atoms with Gasteiger partial charge >= 0.3 is 0 Å². The molecular weight excluding hydrogens is 218 g/mol. The number of rotatable bonds is 3. The van der Waals surface area contributed by atoms with E-state index >= 15 is 0 Å². The van der Waals surface area contributed by atoms with Crippen LogP contribution in [0, 0.1) is 5.92 Å². The van der Waals surface area contributed by atoms with Gasteiger partial charge in [-0.15, -0.1) is 0 Å². The highest BCUT2D eigenvalue weighted by molar-refractivity contribution is 5.82. The summed E-state index contributed by atoms with van der Waals surface area (Å²) in [4.78, 5) is 27.0. The van der Waals surface area contributed by atoms with Crippen LogP contribution >= 0.6 is 0 Å². The molecule has 0 bridgehead atoms. The van der Waals surface area contributed by atoms with Crippen molar-refractivity contribution in [3.8, 4) is 0 Å². The van der Waals surface area contributed by atoms with Crippen molar-refractivity contribution in [1.82, 2.24) is 9.80 Å². The van der Waals surface area contributed by atoms with E-state index in [1.54, 1.807) is 4.90 Å². The fraction of sp³-hybridized carbons (Fsp3) is 0.833. The monoisotopic (exact) mass is 241 g/mol. The van der Waals surface area contributed by atoms with Crippen molar-refractivity contribution in [2.75, 3.05) is 26.2 Å². The van der Waals surface area contributed by atoms with Crippen LogP contribution in [0.5, 0.6) is 0 Å². The lowest BCUT2D eigenvalue weighted by Crippen LogP contribution is -2.55. The van der Waals surface area contributed by atoms with Gasteiger partial charge in [0.05, 0.1) is 6.04 Å². The third-order valence-corrected chi connectivity index (χ3v) is 3.25. The number of hydrogen-bond acceptors (Lipinski definition) is 3. The summed E-state index contributed by atoms with van der Waals surface area (Å²) in [6.07, 6.45) is 0.527. The van der Waals surface area contributed by atoms with Crippen molar-refractivity contribution in [3.63, 3.8) is 0 Å². The molecule has 0 unspecified atom stereocenters. The van der Waals surface area contributed by atoms with Crippen LogP contribution in [0.4, 0.5) is 0 Å². The maximum atomic E-state index is 12.0. The number of piperazine rings is 1. The van der Waals surface area contributed by atoms with Crippen molar-refractivity contribution in [2.45, 2.75) is 33.2 Å². The third kappa shape index (κ3) is 3.43. The molecule has 0 aromatic carbocycles. The zero-order valence-electron chi connectivity index (χ0n) is 11.0. The first-order chi connectivity index (χ1) is 7.97. The van der Waals surface area contributed by atoms with E-state index in [0.717, 1.165) is 0 Å². The molecule has 2 N–H and O–H groups in total. The predicted molar refractivity (Wildman–Crippen MR) is 66.3 cm³/mol. The molecule has 1 aliphatic rings. The second-order valence-electron chi connectivity index (χ2n) is 4.83. The van der Waals surface area contributed by atoms with Crippen LogP contribution in [0.25, 0.3) is 0 Å². The molecule has 5 nitrogen and oxygen atoms in total. The molecule has 0 radical (unpaired) electrons. The summed E-state index contributed by atoms with van der Waals surface area (Å²) in [6, 6.07) is -0.427. The highest BCUT2D eigenvalue weighted by Crippen LogP contribution is 2.08. The minimum Gasteiger partial charge on any atom is -0.339 e. The SMILES string of the molecule is CCC(=O)N1CCN(C(=O)[C@@H](N)C(C)C)CC1. The number of nitrogens with zero attached hydrogens (tertiary/aromatic N) is 2. The molecule has 0 spiro atoms. The number of hydrogen-bond donors (Lipinski definition) is 1. The van der Waals surface area contributed by atoms with Gasteiger partial charge < -0.3 is 15.5 Å². The first-order valence-corrected chi connectivity index (χ1v) is 6.29. The fourth-order valence-corrected chi connectivity index (χ4v) is 1.90. The molecule has 0 aromatic rings. The van der Waals surface area contributed by atoms with Crippen LogP contribution in [-0.4, -0.2) is 53.8 Å². The van der Waals surface area contributed by atoms with E-state index < -0.39 is 6.04 Å². The lowest BCUT2D eigenvalue weighted by atomic mass is 10.0. The van der Waals surface area contributed by atoms with E-state index in [0.29, 0.717) is 32.6 Å². The second-order valence-corrected chi connectivity index (χ2v) is 4.83. The normalized spacial score (nSPS) is 18.4. The Morgan fingerprint density at radius 1 is 1.12 bits per heavy atom. The number of carbonyl (C=O) groups excluding carboxylic acids is 2. The summed E-state index contributed by atoms with van der Waals surface area (Å²) in [5, 5.41) is 0. The van der Waals surface area contributed by atoms with Crippen LogP contribution in [0.3, 0.4) is 0 Å². The van der Waals surface area contributed by atoms with Crippen molar-refractivity contribution in [2.24, 2.45) is 11.7 Å². The molecule has 17 heavy (non-hydrogen) atoms. The van der Waals surface area contributed by atoms with Crippen molar-refractivity contribution >= 4 is 11.8 Å². The molecule has 1 heterocycles. The van der Waals surface area contributed by atoms with Crippen LogP contribution in [0.2, 0.25) is 0 Å². The average molecular weight is 241 g/mol. The van der Waals surface area contributed by atoms with Gasteiger partial charge in [-0.25, -0.2) is 0 Å². The molecule has 1 saturated heterocycles. The molecule has 2 amide bonds. The highest BCUT2D eigenvalue weighted by atomic mass is 16.2. The molecule has 0 aliphatic carbocycles. The van der Waals surface area contributed by atoms with Crippen molar-refractivity contribution in [3.05, 3.63) is 0 Å². The summed E-state index contributed by atoms with van der Waals surface area (Å²) in [5.41, 5.74) is 5.84. The van der Waals surface area contributed by atoms with Gasteiger partial charge in [0.15, 0.2) is 0 Å². The largest absolute Gasteiger partial charge is 0.339 e. The molecular formula is C12H23N3O2. The number of nitrogens with two attached hydrogens (primary N) is 1. The topological polar surface area (TPSA) is 66.6 Å². The van der Waals surface area contributed by atoms with Crippen LogP contribution < -0.4 is 5.73 Å². The lowest BCUT2D eigenvalue weighted by molar-refractivity contribution is -0.140. The highest BCUT2D eigenvalue weighted by Gasteiger charge is 2.27. The van der Waals surface area contributed by atoms with Gasteiger partial charge in [-0.2, -0.15) is 0 Å². The van der Waals surface area contributed by atoms with Crippen LogP contribution in [0.15, 0.2) is 0 Å². The summed E-state index contributed by atoms with van der Waals surface area (Å²) in [7, 11) is 0. The predicted octanol–water partition coefficient (Wildman–Crippen LogP) is 0.0505. The Labute approximate surface area is 103 Å². The van der Waals surface area contributed by atoms with Crippen molar-refractivity contribution in [1.29, 1.82) is 0 Å². The minimum atomic E-state index is -0.427. The Morgan fingerprint density at radius 2 is 1.59 bits per heavy atom. The summed E-state index contributed by atoms with van der Waals surface area (Å²) < 4.78 is 0. The maximum Gasteiger partial charge on any atom is 0.239 e. The lowest BCUT2D eigenvalue weighted by Gasteiger charge is -2.36. The van der Waals surface area contributed by atoms with Gasteiger partial charge in [0, 0.05) is 32.6 Å². The quantitative estimate of drug-likeness (QED) is 0.759. The number of carbonyl (C=O) groups is 2. The summed E-state index contributed by atoms with van der Waals surface area (Å²) >= 11 is 0. The Hall–Kier alpha value is -1.10. The maximum absolute atomic E-state index is 12.0. The van der Waals surface area contributed by atoms with Gasteiger partial charge in [-0.1, -0.05) is 20.8 Å². The molecule has 1 aliphatic heterocycles. The summed E-state index contributed by atoms with van der Waals surface area (Å²) in [6.45, 7) is 8.20. The molecule has 1 atom stereocenters. The standard InChI is InChI=1S/C12H23N3O2/c1-4-10(16)14-5-7-15(8-6-14)12(17)11(13)9(2)3/h9,11H,4-8,13H2,1-3H3/t11-/m0/s1. The molecule has 5 heteroatoms. The molecule has 1 rings (SSSR count). The zero-order valence-corrected chi connectivity index (χ0v) is 11.0.